The quantitative estimate of drug-likeness (QED) is 0.746. The largest absolute Gasteiger partial charge is 0.396 e. The lowest BCUT2D eigenvalue weighted by Gasteiger charge is -2.30. The lowest BCUT2D eigenvalue weighted by molar-refractivity contribution is -0.122. The Kier molecular flexibility index (Phi) is 5.36. The Hall–Kier alpha value is -1.40. The number of nitrogens with one attached hydrogen (secondary N) is 2. The second-order valence-corrected chi connectivity index (χ2v) is 6.76. The molecule has 2 unspecified atom stereocenters. The molecule has 0 spiro atoms. The van der Waals surface area contributed by atoms with Crippen molar-refractivity contribution in [1.82, 2.24) is 10.6 Å². The molecule has 0 aliphatic heterocycles. The highest BCUT2D eigenvalue weighted by Gasteiger charge is 2.38. The number of rotatable bonds is 6. The molecule has 5 nitrogen and oxygen atoms in total. The second-order valence-electron chi connectivity index (χ2n) is 5.81. The zero-order valence-corrected chi connectivity index (χ0v) is 13.0. The van der Waals surface area contributed by atoms with E-state index < -0.39 is 0 Å². The Labute approximate surface area is 128 Å². The van der Waals surface area contributed by atoms with Crippen molar-refractivity contribution in [2.75, 3.05) is 13.2 Å². The van der Waals surface area contributed by atoms with Crippen LogP contribution in [0.3, 0.4) is 0 Å². The summed E-state index contributed by atoms with van der Waals surface area (Å²) in [6, 6.07) is 3.61. The molecule has 1 aliphatic rings. The second kappa shape index (κ2) is 7.04. The Morgan fingerprint density at radius 1 is 1.52 bits per heavy atom. The molecule has 3 N–H and O–H groups in total. The summed E-state index contributed by atoms with van der Waals surface area (Å²) in [6.07, 6.45) is 3.13. The highest BCUT2D eigenvalue weighted by molar-refractivity contribution is 7.12. The summed E-state index contributed by atoms with van der Waals surface area (Å²) < 4.78 is 0. The number of aliphatic hydroxyl groups is 1. The predicted molar refractivity (Wildman–Crippen MR) is 82.2 cm³/mol. The van der Waals surface area contributed by atoms with Crippen LogP contribution in [0.4, 0.5) is 0 Å². The van der Waals surface area contributed by atoms with Gasteiger partial charge in [0.25, 0.3) is 5.91 Å². The third-order valence-corrected chi connectivity index (χ3v) is 5.03. The molecule has 1 aliphatic carbocycles. The van der Waals surface area contributed by atoms with E-state index >= 15 is 0 Å². The van der Waals surface area contributed by atoms with E-state index in [0.717, 1.165) is 19.3 Å². The van der Waals surface area contributed by atoms with Gasteiger partial charge in [-0.15, -0.1) is 11.3 Å². The van der Waals surface area contributed by atoms with Crippen LogP contribution in [0.15, 0.2) is 17.5 Å². The standard InChI is InChI=1S/C15H22N2O3S/c1-15(10-18)7-2-5-12(15)17-13(19)6-8-16-14(20)11-4-3-9-21-11/h3-4,9,12,18H,2,5-8,10H2,1H3,(H,16,20)(H,17,19). The maximum Gasteiger partial charge on any atom is 0.261 e. The van der Waals surface area contributed by atoms with Gasteiger partial charge < -0.3 is 15.7 Å². The summed E-state index contributed by atoms with van der Waals surface area (Å²) in [5.74, 6) is -0.216. The average Bonchev–Trinajstić information content (AvgIpc) is 3.10. The van der Waals surface area contributed by atoms with Crippen LogP contribution >= 0.6 is 11.3 Å². The summed E-state index contributed by atoms with van der Waals surface area (Å²) in [5.41, 5.74) is -0.212. The molecule has 1 fully saturated rings. The predicted octanol–water partition coefficient (Wildman–Crippen LogP) is 1.54. The Balaban J connectivity index is 1.72. The minimum atomic E-state index is -0.212. The molecule has 0 radical (unpaired) electrons. The summed E-state index contributed by atoms with van der Waals surface area (Å²) in [6.45, 7) is 2.42. The van der Waals surface area contributed by atoms with Gasteiger partial charge >= 0.3 is 0 Å². The lowest BCUT2D eigenvalue weighted by Crippen LogP contribution is -2.45. The molecule has 0 saturated heterocycles. The zero-order valence-electron chi connectivity index (χ0n) is 12.2. The maximum atomic E-state index is 11.9. The molecular formula is C15H22N2O3S. The van der Waals surface area contributed by atoms with Crippen molar-refractivity contribution in [3.63, 3.8) is 0 Å². The molecule has 0 aromatic carbocycles. The minimum Gasteiger partial charge on any atom is -0.396 e. The third kappa shape index (κ3) is 4.04. The fourth-order valence-corrected chi connectivity index (χ4v) is 3.36. The van der Waals surface area contributed by atoms with Crippen molar-refractivity contribution in [2.45, 2.75) is 38.6 Å². The number of thiophene rings is 1. The lowest BCUT2D eigenvalue weighted by atomic mass is 9.86. The molecule has 1 heterocycles. The summed E-state index contributed by atoms with van der Waals surface area (Å²) >= 11 is 1.38. The van der Waals surface area contributed by atoms with Crippen LogP contribution in [0.5, 0.6) is 0 Å². The Bertz CT molecular complexity index is 489. The number of carbonyl (C=O) groups excluding carboxylic acids is 2. The van der Waals surface area contributed by atoms with E-state index in [1.807, 2.05) is 18.4 Å². The Morgan fingerprint density at radius 2 is 2.33 bits per heavy atom. The number of carbonyl (C=O) groups is 2. The molecule has 21 heavy (non-hydrogen) atoms. The first kappa shape index (κ1) is 16.0. The van der Waals surface area contributed by atoms with Gasteiger partial charge in [0.2, 0.25) is 5.91 Å². The van der Waals surface area contributed by atoms with Gasteiger partial charge in [-0.05, 0) is 24.3 Å². The van der Waals surface area contributed by atoms with Crippen LogP contribution < -0.4 is 10.6 Å². The van der Waals surface area contributed by atoms with Crippen molar-refractivity contribution < 1.29 is 14.7 Å². The van der Waals surface area contributed by atoms with Crippen molar-refractivity contribution in [1.29, 1.82) is 0 Å². The van der Waals surface area contributed by atoms with Gasteiger partial charge in [0.1, 0.15) is 0 Å². The van der Waals surface area contributed by atoms with Gasteiger partial charge in [0, 0.05) is 24.4 Å². The molecule has 0 bridgehead atoms. The normalized spacial score (nSPS) is 24.8. The number of amides is 2. The van der Waals surface area contributed by atoms with E-state index in [4.69, 9.17) is 0 Å². The molecule has 116 valence electrons. The molecule has 1 aromatic rings. The average molecular weight is 310 g/mol. The van der Waals surface area contributed by atoms with Crippen LogP contribution in [-0.4, -0.2) is 36.1 Å². The molecule has 2 atom stereocenters. The van der Waals surface area contributed by atoms with E-state index in [-0.39, 0.29) is 36.3 Å². The fourth-order valence-electron chi connectivity index (χ4n) is 2.72. The van der Waals surface area contributed by atoms with E-state index in [1.54, 1.807) is 6.07 Å². The topological polar surface area (TPSA) is 78.4 Å². The van der Waals surface area contributed by atoms with Gasteiger partial charge in [0.15, 0.2) is 0 Å². The van der Waals surface area contributed by atoms with Gasteiger partial charge in [-0.3, -0.25) is 9.59 Å². The van der Waals surface area contributed by atoms with Crippen LogP contribution in [0.1, 0.15) is 42.3 Å². The SMILES string of the molecule is CC1(CO)CCCC1NC(=O)CCNC(=O)c1cccs1. The first-order valence-electron chi connectivity index (χ1n) is 7.27. The first-order chi connectivity index (χ1) is 10.0. The van der Waals surface area contributed by atoms with Crippen molar-refractivity contribution in [2.24, 2.45) is 5.41 Å². The smallest absolute Gasteiger partial charge is 0.261 e. The number of hydrogen-bond acceptors (Lipinski definition) is 4. The van der Waals surface area contributed by atoms with Crippen LogP contribution in [-0.2, 0) is 4.79 Å². The van der Waals surface area contributed by atoms with E-state index in [2.05, 4.69) is 10.6 Å². The van der Waals surface area contributed by atoms with Gasteiger partial charge in [-0.2, -0.15) is 0 Å². The highest BCUT2D eigenvalue weighted by atomic mass is 32.1. The molecular weight excluding hydrogens is 288 g/mol. The monoisotopic (exact) mass is 310 g/mol. The van der Waals surface area contributed by atoms with E-state index in [1.165, 1.54) is 11.3 Å². The third-order valence-electron chi connectivity index (χ3n) is 4.16. The van der Waals surface area contributed by atoms with Gasteiger partial charge in [-0.1, -0.05) is 19.4 Å². The minimum absolute atomic E-state index is 0.0306. The molecule has 2 amide bonds. The Morgan fingerprint density at radius 3 is 3.00 bits per heavy atom. The summed E-state index contributed by atoms with van der Waals surface area (Å²) in [7, 11) is 0. The maximum absolute atomic E-state index is 11.9. The summed E-state index contributed by atoms with van der Waals surface area (Å²) in [4.78, 5) is 24.3. The molecule has 6 heteroatoms. The van der Waals surface area contributed by atoms with Gasteiger partial charge in [0.05, 0.1) is 11.5 Å². The molecule has 1 aromatic heterocycles. The first-order valence-corrected chi connectivity index (χ1v) is 8.15. The van der Waals surface area contributed by atoms with Crippen molar-refractivity contribution in [3.8, 4) is 0 Å². The van der Waals surface area contributed by atoms with E-state index in [9.17, 15) is 14.7 Å². The molecule has 2 rings (SSSR count). The fraction of sp³-hybridized carbons (Fsp3) is 0.600. The van der Waals surface area contributed by atoms with Crippen LogP contribution in [0.25, 0.3) is 0 Å². The number of hydrogen-bond donors (Lipinski definition) is 3. The van der Waals surface area contributed by atoms with Gasteiger partial charge in [-0.25, -0.2) is 0 Å². The number of aliphatic hydroxyl groups excluding tert-OH is 1. The van der Waals surface area contributed by atoms with Crippen molar-refractivity contribution in [3.05, 3.63) is 22.4 Å². The van der Waals surface area contributed by atoms with E-state index in [0.29, 0.717) is 11.4 Å². The van der Waals surface area contributed by atoms with Crippen LogP contribution in [0, 0.1) is 5.41 Å². The highest BCUT2D eigenvalue weighted by Crippen LogP contribution is 2.37. The summed E-state index contributed by atoms with van der Waals surface area (Å²) in [5, 5.41) is 17.0. The van der Waals surface area contributed by atoms with Crippen LogP contribution in [0.2, 0.25) is 0 Å². The van der Waals surface area contributed by atoms with Crippen molar-refractivity contribution >= 4 is 23.2 Å². The zero-order chi connectivity index (χ0) is 15.3. The molecule has 1 saturated carbocycles.